The second-order valence-corrected chi connectivity index (χ2v) is 4.49. The minimum Gasteiger partial charge on any atom is -0.368 e. The highest BCUT2D eigenvalue weighted by Gasteiger charge is 2.32. The van der Waals surface area contributed by atoms with Crippen LogP contribution in [-0.4, -0.2) is 47.3 Å². The summed E-state index contributed by atoms with van der Waals surface area (Å²) in [6, 6.07) is -0.310. The van der Waals surface area contributed by atoms with Crippen molar-refractivity contribution in [1.29, 1.82) is 0 Å². The molecule has 102 valence electrons. The van der Waals surface area contributed by atoms with Crippen LogP contribution in [0.5, 0.6) is 0 Å². The van der Waals surface area contributed by atoms with Gasteiger partial charge in [-0.3, -0.25) is 29.4 Å². The lowest BCUT2D eigenvalue weighted by Gasteiger charge is -2.22. The molecule has 4 amide bonds. The summed E-state index contributed by atoms with van der Waals surface area (Å²) in [5.74, 6) is -1.47. The fraction of sp³-hybridized carbons (Fsp3) is 0.500. The summed E-state index contributed by atoms with van der Waals surface area (Å²) in [6.45, 7) is 1.93. The average Bonchev–Trinajstić information content (AvgIpc) is 2.82. The Morgan fingerprint density at radius 3 is 2.47 bits per heavy atom. The van der Waals surface area contributed by atoms with Crippen LogP contribution in [0.15, 0.2) is 12.2 Å². The minimum absolute atomic E-state index is 0.0242. The van der Waals surface area contributed by atoms with E-state index in [1.807, 2.05) is 0 Å². The third-order valence-electron chi connectivity index (χ3n) is 3.06. The fourth-order valence-corrected chi connectivity index (χ4v) is 2.02. The van der Waals surface area contributed by atoms with Gasteiger partial charge in [-0.1, -0.05) is 0 Å². The number of ether oxygens (including phenoxy) is 1. The van der Waals surface area contributed by atoms with E-state index in [2.05, 4.69) is 5.32 Å². The number of amides is 4. The van der Waals surface area contributed by atoms with Gasteiger partial charge < -0.3 is 4.74 Å². The number of rotatable bonds is 5. The van der Waals surface area contributed by atoms with Gasteiger partial charge in [0.05, 0.1) is 6.42 Å². The molecule has 2 aliphatic heterocycles. The largest absolute Gasteiger partial charge is 0.368 e. The number of hydrogen-bond donors (Lipinski definition) is 1. The number of carbonyl (C=O) groups is 4. The van der Waals surface area contributed by atoms with E-state index in [-0.39, 0.29) is 36.8 Å². The van der Waals surface area contributed by atoms with Crippen molar-refractivity contribution in [2.45, 2.75) is 31.9 Å². The van der Waals surface area contributed by atoms with Crippen LogP contribution in [0, 0.1) is 0 Å². The predicted octanol–water partition coefficient (Wildman–Crippen LogP) is -0.878. The lowest BCUT2D eigenvalue weighted by Crippen LogP contribution is -2.39. The number of nitrogens with zero attached hydrogens (tertiary/aromatic N) is 1. The van der Waals surface area contributed by atoms with Gasteiger partial charge in [-0.05, 0) is 13.3 Å². The van der Waals surface area contributed by atoms with Crippen molar-refractivity contribution in [1.82, 2.24) is 10.2 Å². The molecule has 0 aromatic carbocycles. The van der Waals surface area contributed by atoms with Crippen LogP contribution < -0.4 is 5.32 Å². The molecule has 2 heterocycles. The Hall–Kier alpha value is -2.02. The van der Waals surface area contributed by atoms with Crippen LogP contribution in [0.4, 0.5) is 0 Å². The van der Waals surface area contributed by atoms with Gasteiger partial charge in [0.2, 0.25) is 5.91 Å². The Labute approximate surface area is 109 Å². The summed E-state index contributed by atoms with van der Waals surface area (Å²) in [6.07, 6.45) is 2.13. The maximum Gasteiger partial charge on any atom is 0.256 e. The maximum absolute atomic E-state index is 11.4. The van der Waals surface area contributed by atoms with E-state index >= 15 is 0 Å². The summed E-state index contributed by atoms with van der Waals surface area (Å²) in [5, 5.41) is 2.14. The zero-order valence-electron chi connectivity index (χ0n) is 10.4. The SMILES string of the molecule is CC(CCOC1CC(=O)NC1=O)N1C(=O)C=CC1=O. The van der Waals surface area contributed by atoms with Crippen LogP contribution in [0.1, 0.15) is 19.8 Å². The van der Waals surface area contributed by atoms with Crippen molar-refractivity contribution in [2.24, 2.45) is 0 Å². The molecule has 2 atom stereocenters. The highest BCUT2D eigenvalue weighted by atomic mass is 16.5. The lowest BCUT2D eigenvalue weighted by atomic mass is 10.2. The first-order valence-electron chi connectivity index (χ1n) is 5.99. The average molecular weight is 266 g/mol. The topological polar surface area (TPSA) is 92.8 Å². The highest BCUT2D eigenvalue weighted by Crippen LogP contribution is 2.13. The molecule has 1 saturated heterocycles. The van der Waals surface area contributed by atoms with Gasteiger partial charge >= 0.3 is 0 Å². The first-order valence-corrected chi connectivity index (χ1v) is 5.99. The molecule has 7 nitrogen and oxygen atoms in total. The molecule has 0 bridgehead atoms. The van der Waals surface area contributed by atoms with E-state index in [0.29, 0.717) is 6.42 Å². The number of carbonyl (C=O) groups excluding carboxylic acids is 4. The van der Waals surface area contributed by atoms with Crippen LogP contribution >= 0.6 is 0 Å². The van der Waals surface area contributed by atoms with Crippen molar-refractivity contribution in [3.63, 3.8) is 0 Å². The summed E-state index contributed by atoms with van der Waals surface area (Å²) in [7, 11) is 0. The van der Waals surface area contributed by atoms with E-state index < -0.39 is 12.0 Å². The van der Waals surface area contributed by atoms with Gasteiger partial charge in [0.15, 0.2) is 0 Å². The molecule has 1 N–H and O–H groups in total. The van der Waals surface area contributed by atoms with Crippen LogP contribution in [0.3, 0.4) is 0 Å². The molecule has 0 aromatic rings. The molecule has 0 saturated carbocycles. The molecule has 0 aromatic heterocycles. The fourth-order valence-electron chi connectivity index (χ4n) is 2.02. The van der Waals surface area contributed by atoms with Gasteiger partial charge in [-0.15, -0.1) is 0 Å². The maximum atomic E-state index is 11.4. The minimum atomic E-state index is -0.761. The van der Waals surface area contributed by atoms with Crippen molar-refractivity contribution in [3.8, 4) is 0 Å². The van der Waals surface area contributed by atoms with Gasteiger partial charge in [0.1, 0.15) is 6.10 Å². The second kappa shape index (κ2) is 5.31. The first-order chi connectivity index (χ1) is 8.99. The molecule has 0 radical (unpaired) electrons. The Morgan fingerprint density at radius 1 is 1.32 bits per heavy atom. The first kappa shape index (κ1) is 13.4. The molecule has 2 unspecified atom stereocenters. The molecule has 19 heavy (non-hydrogen) atoms. The smallest absolute Gasteiger partial charge is 0.256 e. The lowest BCUT2D eigenvalue weighted by molar-refractivity contribution is -0.140. The van der Waals surface area contributed by atoms with Crippen LogP contribution in [-0.2, 0) is 23.9 Å². The van der Waals surface area contributed by atoms with Gasteiger partial charge in [-0.2, -0.15) is 0 Å². The monoisotopic (exact) mass is 266 g/mol. The molecule has 0 aliphatic carbocycles. The molecule has 2 aliphatic rings. The molecular weight excluding hydrogens is 252 g/mol. The quantitative estimate of drug-likeness (QED) is 0.652. The van der Waals surface area contributed by atoms with Crippen molar-refractivity contribution >= 4 is 23.6 Å². The van der Waals surface area contributed by atoms with Gasteiger partial charge in [-0.25, -0.2) is 0 Å². The highest BCUT2D eigenvalue weighted by molar-refractivity contribution is 6.13. The van der Waals surface area contributed by atoms with E-state index in [4.69, 9.17) is 4.74 Å². The number of hydrogen-bond acceptors (Lipinski definition) is 5. The number of nitrogens with one attached hydrogen (secondary N) is 1. The standard InChI is InChI=1S/C12H14N2O5/c1-7(14-10(16)2-3-11(14)17)4-5-19-8-6-9(15)13-12(8)18/h2-3,7-8H,4-6H2,1H3,(H,13,15,18). The van der Waals surface area contributed by atoms with E-state index in [1.54, 1.807) is 6.92 Å². The Morgan fingerprint density at radius 2 is 1.95 bits per heavy atom. The van der Waals surface area contributed by atoms with Crippen LogP contribution in [0.2, 0.25) is 0 Å². The van der Waals surface area contributed by atoms with E-state index in [9.17, 15) is 19.2 Å². The predicted molar refractivity (Wildman–Crippen MR) is 62.6 cm³/mol. The Balaban J connectivity index is 1.77. The Kier molecular flexibility index (Phi) is 3.75. The molecule has 7 heteroatoms. The normalized spacial score (nSPS) is 24.3. The zero-order chi connectivity index (χ0) is 14.0. The third kappa shape index (κ3) is 2.87. The van der Waals surface area contributed by atoms with Gasteiger partial charge in [0.25, 0.3) is 17.7 Å². The third-order valence-corrected chi connectivity index (χ3v) is 3.06. The van der Waals surface area contributed by atoms with Crippen LogP contribution in [0.25, 0.3) is 0 Å². The van der Waals surface area contributed by atoms with Crippen molar-refractivity contribution in [3.05, 3.63) is 12.2 Å². The summed E-state index contributed by atoms with van der Waals surface area (Å²) >= 11 is 0. The summed E-state index contributed by atoms with van der Waals surface area (Å²) < 4.78 is 5.28. The summed E-state index contributed by atoms with van der Waals surface area (Å²) in [4.78, 5) is 46.1. The van der Waals surface area contributed by atoms with Gasteiger partial charge in [0, 0.05) is 24.8 Å². The van der Waals surface area contributed by atoms with E-state index in [0.717, 1.165) is 4.90 Å². The zero-order valence-corrected chi connectivity index (χ0v) is 10.4. The molecule has 1 fully saturated rings. The molecular formula is C12H14N2O5. The summed E-state index contributed by atoms with van der Waals surface area (Å²) in [5.41, 5.74) is 0. The second-order valence-electron chi connectivity index (χ2n) is 4.49. The Bertz CT molecular complexity index is 453. The van der Waals surface area contributed by atoms with Crippen molar-refractivity contribution in [2.75, 3.05) is 6.61 Å². The van der Waals surface area contributed by atoms with E-state index in [1.165, 1.54) is 12.2 Å². The van der Waals surface area contributed by atoms with Crippen molar-refractivity contribution < 1.29 is 23.9 Å². The number of imide groups is 2. The molecule has 2 rings (SSSR count). The molecule has 0 spiro atoms.